The van der Waals surface area contributed by atoms with E-state index in [1.165, 1.54) is 18.6 Å². The standard InChI is InChI=1S/C11H17N3O2S2/c1-12-10-8(13-14-18-10)6-17-7-11(3-4-11)5-9(15)16-2/h12H,3-7H2,1-2H3. The topological polar surface area (TPSA) is 64.1 Å². The van der Waals surface area contributed by atoms with Crippen molar-refractivity contribution >= 4 is 34.3 Å². The minimum Gasteiger partial charge on any atom is -0.469 e. The van der Waals surface area contributed by atoms with Crippen molar-refractivity contribution in [3.8, 4) is 0 Å². The van der Waals surface area contributed by atoms with Gasteiger partial charge in [0, 0.05) is 24.3 Å². The summed E-state index contributed by atoms with van der Waals surface area (Å²) in [4.78, 5) is 11.3. The fraction of sp³-hybridized carbons (Fsp3) is 0.727. The third kappa shape index (κ3) is 3.35. The van der Waals surface area contributed by atoms with Gasteiger partial charge in [-0.2, -0.15) is 11.8 Å². The predicted octanol–water partition coefficient (Wildman–Crippen LogP) is 2.16. The normalized spacial score (nSPS) is 16.3. The van der Waals surface area contributed by atoms with E-state index >= 15 is 0 Å². The summed E-state index contributed by atoms with van der Waals surface area (Å²) in [6.45, 7) is 0. The third-order valence-corrected chi connectivity index (χ3v) is 5.21. The number of nitrogens with one attached hydrogen (secondary N) is 1. The van der Waals surface area contributed by atoms with Gasteiger partial charge < -0.3 is 10.1 Å². The summed E-state index contributed by atoms with van der Waals surface area (Å²) in [5, 5.41) is 8.21. The van der Waals surface area contributed by atoms with Crippen molar-refractivity contribution in [2.75, 3.05) is 25.2 Å². The van der Waals surface area contributed by atoms with E-state index in [9.17, 15) is 4.79 Å². The average molecular weight is 287 g/mol. The molecule has 0 radical (unpaired) electrons. The van der Waals surface area contributed by atoms with Crippen LogP contribution in [0.1, 0.15) is 25.0 Å². The average Bonchev–Trinajstić information content (AvgIpc) is 2.97. The highest BCUT2D eigenvalue weighted by molar-refractivity contribution is 7.98. The van der Waals surface area contributed by atoms with Crippen LogP contribution in [0.2, 0.25) is 0 Å². The number of esters is 1. The lowest BCUT2D eigenvalue weighted by Gasteiger charge is -2.12. The molecular formula is C11H17N3O2S2. The Balaban J connectivity index is 1.77. The number of thioether (sulfide) groups is 1. The molecule has 1 aromatic rings. The maximum absolute atomic E-state index is 11.3. The molecule has 0 spiro atoms. The molecule has 1 fully saturated rings. The van der Waals surface area contributed by atoms with Gasteiger partial charge in [-0.1, -0.05) is 4.49 Å². The van der Waals surface area contributed by atoms with Crippen molar-refractivity contribution < 1.29 is 9.53 Å². The van der Waals surface area contributed by atoms with Crippen molar-refractivity contribution in [2.45, 2.75) is 25.0 Å². The molecule has 0 unspecified atom stereocenters. The summed E-state index contributed by atoms with van der Waals surface area (Å²) in [5.74, 6) is 1.73. The van der Waals surface area contributed by atoms with E-state index in [0.29, 0.717) is 6.42 Å². The molecule has 1 N–H and O–H groups in total. The van der Waals surface area contributed by atoms with E-state index in [-0.39, 0.29) is 11.4 Å². The number of ether oxygens (including phenoxy) is 1. The number of aromatic nitrogens is 2. The van der Waals surface area contributed by atoms with E-state index in [2.05, 4.69) is 14.9 Å². The lowest BCUT2D eigenvalue weighted by molar-refractivity contribution is -0.141. The summed E-state index contributed by atoms with van der Waals surface area (Å²) in [7, 11) is 3.33. The summed E-state index contributed by atoms with van der Waals surface area (Å²) in [6.07, 6.45) is 2.80. The molecule has 1 aliphatic carbocycles. The van der Waals surface area contributed by atoms with Crippen LogP contribution in [-0.2, 0) is 15.3 Å². The molecule has 0 aromatic carbocycles. The summed E-state index contributed by atoms with van der Waals surface area (Å²) in [5.41, 5.74) is 1.18. The Hall–Kier alpha value is -0.820. The Bertz CT molecular complexity index is 418. The SMILES string of the molecule is CNc1snnc1CSCC1(CC(=O)OC)CC1. The highest BCUT2D eigenvalue weighted by Crippen LogP contribution is 2.51. The van der Waals surface area contributed by atoms with Gasteiger partial charge in [0.2, 0.25) is 0 Å². The second-order valence-corrected chi connectivity index (χ2v) is 6.28. The molecular weight excluding hydrogens is 270 g/mol. The van der Waals surface area contributed by atoms with Gasteiger partial charge in [-0.3, -0.25) is 4.79 Å². The fourth-order valence-electron chi connectivity index (χ4n) is 1.78. The summed E-state index contributed by atoms with van der Waals surface area (Å²) >= 11 is 3.20. The first-order chi connectivity index (χ1) is 8.69. The van der Waals surface area contributed by atoms with Gasteiger partial charge in [0.25, 0.3) is 0 Å². The first-order valence-electron chi connectivity index (χ1n) is 5.83. The molecule has 2 rings (SSSR count). The Morgan fingerprint density at radius 3 is 3.00 bits per heavy atom. The molecule has 100 valence electrons. The molecule has 0 atom stereocenters. The van der Waals surface area contributed by atoms with E-state index in [4.69, 9.17) is 4.74 Å². The zero-order chi connectivity index (χ0) is 13.0. The maximum Gasteiger partial charge on any atom is 0.306 e. The van der Waals surface area contributed by atoms with Crippen LogP contribution in [-0.4, -0.2) is 35.5 Å². The number of nitrogens with zero attached hydrogens (tertiary/aromatic N) is 2. The molecule has 1 aromatic heterocycles. The van der Waals surface area contributed by atoms with Crippen LogP contribution in [0, 0.1) is 5.41 Å². The molecule has 0 saturated heterocycles. The lowest BCUT2D eigenvalue weighted by atomic mass is 10.1. The molecule has 1 heterocycles. The van der Waals surface area contributed by atoms with Crippen LogP contribution in [0.3, 0.4) is 0 Å². The number of rotatable bonds is 7. The van der Waals surface area contributed by atoms with Crippen LogP contribution in [0.15, 0.2) is 0 Å². The molecule has 18 heavy (non-hydrogen) atoms. The van der Waals surface area contributed by atoms with Crippen molar-refractivity contribution in [1.82, 2.24) is 9.59 Å². The molecule has 0 bridgehead atoms. The Labute approximate surface area is 115 Å². The van der Waals surface area contributed by atoms with E-state index in [1.54, 1.807) is 0 Å². The minimum atomic E-state index is -0.0978. The molecule has 1 aliphatic rings. The lowest BCUT2D eigenvalue weighted by Crippen LogP contribution is -2.13. The van der Waals surface area contributed by atoms with Crippen LogP contribution in [0.25, 0.3) is 0 Å². The Kier molecular flexibility index (Phi) is 4.45. The number of hydrogen-bond acceptors (Lipinski definition) is 7. The number of hydrogen-bond donors (Lipinski definition) is 1. The molecule has 0 aliphatic heterocycles. The number of carbonyl (C=O) groups is 1. The second-order valence-electron chi connectivity index (χ2n) is 4.54. The highest BCUT2D eigenvalue weighted by Gasteiger charge is 2.44. The van der Waals surface area contributed by atoms with Crippen LogP contribution in [0.4, 0.5) is 5.00 Å². The number of carbonyl (C=O) groups excluding carboxylic acids is 1. The van der Waals surface area contributed by atoms with Gasteiger partial charge in [-0.25, -0.2) is 0 Å². The zero-order valence-corrected chi connectivity index (χ0v) is 12.2. The van der Waals surface area contributed by atoms with Gasteiger partial charge in [0.05, 0.1) is 13.5 Å². The van der Waals surface area contributed by atoms with Gasteiger partial charge in [-0.05, 0) is 24.0 Å². The zero-order valence-electron chi connectivity index (χ0n) is 10.6. The highest BCUT2D eigenvalue weighted by atomic mass is 32.2. The minimum absolute atomic E-state index is 0.0978. The predicted molar refractivity (Wildman–Crippen MR) is 73.9 cm³/mol. The molecule has 0 amide bonds. The van der Waals surface area contributed by atoms with E-state index in [0.717, 1.165) is 35.0 Å². The molecule has 5 nitrogen and oxygen atoms in total. The van der Waals surface area contributed by atoms with Crippen LogP contribution in [0.5, 0.6) is 0 Å². The quantitative estimate of drug-likeness (QED) is 0.775. The summed E-state index contributed by atoms with van der Waals surface area (Å²) in [6, 6.07) is 0. The van der Waals surface area contributed by atoms with Gasteiger partial charge in [0.1, 0.15) is 10.7 Å². The van der Waals surface area contributed by atoms with Crippen LogP contribution < -0.4 is 5.32 Å². The molecule has 1 saturated carbocycles. The maximum atomic E-state index is 11.3. The number of anilines is 1. The number of methoxy groups -OCH3 is 1. The van der Waals surface area contributed by atoms with Crippen LogP contribution >= 0.6 is 23.3 Å². The second kappa shape index (κ2) is 5.88. The first kappa shape index (κ1) is 13.6. The Morgan fingerprint density at radius 1 is 1.61 bits per heavy atom. The van der Waals surface area contributed by atoms with Crippen molar-refractivity contribution in [3.05, 3.63) is 5.69 Å². The largest absolute Gasteiger partial charge is 0.469 e. The van der Waals surface area contributed by atoms with Crippen molar-refractivity contribution in [3.63, 3.8) is 0 Å². The first-order valence-corrected chi connectivity index (χ1v) is 7.75. The van der Waals surface area contributed by atoms with Gasteiger partial charge >= 0.3 is 5.97 Å². The fourth-order valence-corrected chi connectivity index (χ4v) is 3.73. The van der Waals surface area contributed by atoms with Crippen molar-refractivity contribution in [1.29, 1.82) is 0 Å². The van der Waals surface area contributed by atoms with Gasteiger partial charge in [-0.15, -0.1) is 5.10 Å². The van der Waals surface area contributed by atoms with Crippen molar-refractivity contribution in [2.24, 2.45) is 5.41 Å². The Morgan fingerprint density at radius 2 is 2.39 bits per heavy atom. The third-order valence-electron chi connectivity index (χ3n) is 3.13. The van der Waals surface area contributed by atoms with E-state index < -0.39 is 0 Å². The van der Waals surface area contributed by atoms with Gasteiger partial charge in [0.15, 0.2) is 0 Å². The monoisotopic (exact) mass is 287 g/mol. The molecule has 7 heteroatoms. The summed E-state index contributed by atoms with van der Waals surface area (Å²) < 4.78 is 8.66. The van der Waals surface area contributed by atoms with E-state index in [1.807, 2.05) is 18.8 Å². The smallest absolute Gasteiger partial charge is 0.306 e.